The topological polar surface area (TPSA) is 80.6 Å². The first-order valence-corrected chi connectivity index (χ1v) is 5.49. The molecule has 3 rings (SSSR count). The molecule has 3 heterocycles. The molecule has 1 saturated heterocycles. The molecule has 90 valence electrons. The quantitative estimate of drug-likeness (QED) is 0.711. The van der Waals surface area contributed by atoms with E-state index in [0.29, 0.717) is 43.7 Å². The molecule has 6 heteroatoms. The van der Waals surface area contributed by atoms with E-state index in [1.54, 1.807) is 0 Å². The van der Waals surface area contributed by atoms with Crippen LogP contribution in [0.4, 0.5) is 11.4 Å². The lowest BCUT2D eigenvalue weighted by Gasteiger charge is -2.39. The second kappa shape index (κ2) is 3.59. The number of fused-ring (bicyclic) bond motifs is 1. The van der Waals surface area contributed by atoms with Crippen molar-refractivity contribution in [3.63, 3.8) is 0 Å². The molecule has 2 aliphatic heterocycles. The van der Waals surface area contributed by atoms with E-state index in [1.165, 1.54) is 6.26 Å². The van der Waals surface area contributed by atoms with Crippen molar-refractivity contribution in [2.75, 3.05) is 23.8 Å². The van der Waals surface area contributed by atoms with E-state index >= 15 is 0 Å². The van der Waals surface area contributed by atoms with Crippen molar-refractivity contribution in [3.05, 3.63) is 12.0 Å². The van der Waals surface area contributed by atoms with Crippen molar-refractivity contribution >= 4 is 23.6 Å². The maximum absolute atomic E-state index is 12.1. The van der Waals surface area contributed by atoms with Crippen LogP contribution in [0.5, 0.6) is 0 Å². The van der Waals surface area contributed by atoms with Crippen LogP contribution in [0.15, 0.2) is 10.7 Å². The van der Waals surface area contributed by atoms with Crippen molar-refractivity contribution in [2.45, 2.75) is 18.4 Å². The summed E-state index contributed by atoms with van der Waals surface area (Å²) in [5.74, 6) is 0.123. The summed E-state index contributed by atoms with van der Waals surface area (Å²) < 4.78 is 10.3. The van der Waals surface area contributed by atoms with Gasteiger partial charge >= 0.3 is 0 Å². The van der Waals surface area contributed by atoms with Crippen LogP contribution in [0.3, 0.4) is 0 Å². The van der Waals surface area contributed by atoms with E-state index in [9.17, 15) is 9.59 Å². The summed E-state index contributed by atoms with van der Waals surface area (Å²) in [5.41, 5.74) is 0.420. The number of ether oxygens (including phenoxy) is 1. The molecular formula is C11H12N2O4. The molecule has 0 atom stereocenters. The molecule has 0 radical (unpaired) electrons. The van der Waals surface area contributed by atoms with Crippen LogP contribution >= 0.6 is 0 Å². The standard InChI is InChI=1S/C11H12N2O4/c14-5-8-9-7(6-17-8)12-10(15)11(13-9)1-3-16-4-2-11/h5-6,13H,1-4H2,(H,12,15). The summed E-state index contributed by atoms with van der Waals surface area (Å²) in [6.07, 6.45) is 3.18. The molecule has 0 aromatic carbocycles. The Morgan fingerprint density at radius 1 is 1.35 bits per heavy atom. The first-order valence-electron chi connectivity index (χ1n) is 5.49. The Labute approximate surface area is 97.3 Å². The third-order valence-corrected chi connectivity index (χ3v) is 3.32. The first-order chi connectivity index (χ1) is 8.25. The minimum Gasteiger partial charge on any atom is -0.457 e. The van der Waals surface area contributed by atoms with E-state index in [-0.39, 0.29) is 11.7 Å². The first kappa shape index (κ1) is 10.3. The van der Waals surface area contributed by atoms with Crippen molar-refractivity contribution in [3.8, 4) is 0 Å². The van der Waals surface area contributed by atoms with Gasteiger partial charge in [0.05, 0.1) is 0 Å². The van der Waals surface area contributed by atoms with Crippen LogP contribution in [0.25, 0.3) is 0 Å². The van der Waals surface area contributed by atoms with Crippen molar-refractivity contribution in [1.29, 1.82) is 0 Å². The average Bonchev–Trinajstić information content (AvgIpc) is 2.73. The van der Waals surface area contributed by atoms with E-state index < -0.39 is 5.54 Å². The van der Waals surface area contributed by atoms with Gasteiger partial charge in [0.25, 0.3) is 0 Å². The number of rotatable bonds is 1. The summed E-state index contributed by atoms with van der Waals surface area (Å²) in [7, 11) is 0. The van der Waals surface area contributed by atoms with E-state index in [4.69, 9.17) is 9.15 Å². The number of carbonyl (C=O) groups excluding carboxylic acids is 2. The smallest absolute Gasteiger partial charge is 0.250 e. The Morgan fingerprint density at radius 3 is 2.82 bits per heavy atom. The third kappa shape index (κ3) is 1.44. The van der Waals surface area contributed by atoms with Gasteiger partial charge in [-0.1, -0.05) is 0 Å². The lowest BCUT2D eigenvalue weighted by atomic mass is 9.87. The van der Waals surface area contributed by atoms with Gasteiger partial charge in [-0.15, -0.1) is 0 Å². The fourth-order valence-corrected chi connectivity index (χ4v) is 2.29. The average molecular weight is 236 g/mol. The molecule has 2 N–H and O–H groups in total. The van der Waals surface area contributed by atoms with Gasteiger partial charge in [0.1, 0.15) is 23.2 Å². The second-order valence-corrected chi connectivity index (χ2v) is 4.28. The maximum Gasteiger partial charge on any atom is 0.250 e. The van der Waals surface area contributed by atoms with Crippen LogP contribution in [0.2, 0.25) is 0 Å². The molecule has 0 unspecified atom stereocenters. The van der Waals surface area contributed by atoms with Crippen LogP contribution < -0.4 is 10.6 Å². The number of aldehydes is 1. The second-order valence-electron chi connectivity index (χ2n) is 4.28. The monoisotopic (exact) mass is 236 g/mol. The molecule has 1 aromatic rings. The summed E-state index contributed by atoms with van der Waals surface area (Å²) in [6.45, 7) is 1.06. The zero-order chi connectivity index (χ0) is 11.9. The Morgan fingerprint density at radius 2 is 2.12 bits per heavy atom. The van der Waals surface area contributed by atoms with Crippen molar-refractivity contribution in [2.24, 2.45) is 0 Å². The molecule has 0 bridgehead atoms. The fraction of sp³-hybridized carbons (Fsp3) is 0.455. The van der Waals surface area contributed by atoms with Crippen LogP contribution in [0, 0.1) is 0 Å². The molecule has 17 heavy (non-hydrogen) atoms. The number of amides is 1. The molecule has 1 aromatic heterocycles. The highest BCUT2D eigenvalue weighted by atomic mass is 16.5. The molecule has 0 aliphatic carbocycles. The predicted octanol–water partition coefficient (Wildman–Crippen LogP) is 1.01. The predicted molar refractivity (Wildman–Crippen MR) is 59.1 cm³/mol. The normalized spacial score (nSPS) is 21.5. The minimum atomic E-state index is -0.674. The summed E-state index contributed by atoms with van der Waals surface area (Å²) >= 11 is 0. The molecule has 1 fully saturated rings. The number of carbonyl (C=O) groups is 2. The molecule has 1 amide bonds. The number of nitrogens with one attached hydrogen (secondary N) is 2. The highest BCUT2D eigenvalue weighted by Gasteiger charge is 2.44. The van der Waals surface area contributed by atoms with Gasteiger partial charge in [-0.05, 0) is 0 Å². The van der Waals surface area contributed by atoms with Gasteiger partial charge in [-0.25, -0.2) is 0 Å². The minimum absolute atomic E-state index is 0.0912. The van der Waals surface area contributed by atoms with E-state index in [1.807, 2.05) is 0 Å². The number of hydrogen-bond acceptors (Lipinski definition) is 5. The highest BCUT2D eigenvalue weighted by Crippen LogP contribution is 2.38. The van der Waals surface area contributed by atoms with E-state index in [2.05, 4.69) is 10.6 Å². The molecule has 0 saturated carbocycles. The Bertz CT molecular complexity index is 474. The lowest BCUT2D eigenvalue weighted by Crippen LogP contribution is -2.55. The van der Waals surface area contributed by atoms with Gasteiger partial charge in [-0.3, -0.25) is 9.59 Å². The zero-order valence-corrected chi connectivity index (χ0v) is 9.12. The Balaban J connectivity index is 2.00. The Kier molecular flexibility index (Phi) is 2.19. The summed E-state index contributed by atoms with van der Waals surface area (Å²) in [6, 6.07) is 0. The van der Waals surface area contributed by atoms with Crippen LogP contribution in [0.1, 0.15) is 23.4 Å². The maximum atomic E-state index is 12.1. The van der Waals surface area contributed by atoms with Gasteiger partial charge < -0.3 is 19.8 Å². The highest BCUT2D eigenvalue weighted by molar-refractivity contribution is 6.08. The number of furan rings is 1. The van der Waals surface area contributed by atoms with Gasteiger partial charge in [-0.2, -0.15) is 0 Å². The summed E-state index contributed by atoms with van der Waals surface area (Å²) in [5, 5.41) is 5.91. The molecule has 6 nitrogen and oxygen atoms in total. The van der Waals surface area contributed by atoms with Crippen LogP contribution in [-0.2, 0) is 9.53 Å². The van der Waals surface area contributed by atoms with Crippen molar-refractivity contribution in [1.82, 2.24) is 0 Å². The molecule has 1 spiro atoms. The Hall–Kier alpha value is -1.82. The van der Waals surface area contributed by atoms with Crippen LogP contribution in [-0.4, -0.2) is 30.9 Å². The zero-order valence-electron chi connectivity index (χ0n) is 9.12. The van der Waals surface area contributed by atoms with Gasteiger partial charge in [0.2, 0.25) is 5.91 Å². The number of anilines is 2. The SMILES string of the molecule is O=Cc1occ2c1NC1(CCOCC1)C(=O)N2. The summed E-state index contributed by atoms with van der Waals surface area (Å²) in [4.78, 5) is 22.9. The lowest BCUT2D eigenvalue weighted by molar-refractivity contribution is -0.123. The van der Waals surface area contributed by atoms with Gasteiger partial charge in [0.15, 0.2) is 12.0 Å². The van der Waals surface area contributed by atoms with Gasteiger partial charge in [0, 0.05) is 26.1 Å². The third-order valence-electron chi connectivity index (χ3n) is 3.32. The molecule has 2 aliphatic rings. The van der Waals surface area contributed by atoms with E-state index in [0.717, 1.165) is 0 Å². The largest absolute Gasteiger partial charge is 0.457 e. The number of hydrogen-bond donors (Lipinski definition) is 2. The fourth-order valence-electron chi connectivity index (χ4n) is 2.29. The van der Waals surface area contributed by atoms with Crippen molar-refractivity contribution < 1.29 is 18.7 Å². The molecular weight excluding hydrogens is 224 g/mol.